The van der Waals surface area contributed by atoms with E-state index in [1.165, 1.54) is 6.42 Å². The molecule has 1 fully saturated rings. The van der Waals surface area contributed by atoms with Crippen LogP contribution in [-0.2, 0) is 11.3 Å². The zero-order valence-corrected chi connectivity index (χ0v) is 12.8. The van der Waals surface area contributed by atoms with Crippen LogP contribution in [0, 0.1) is 0 Å². The maximum atomic E-state index is 11.2. The van der Waals surface area contributed by atoms with Crippen molar-refractivity contribution < 1.29 is 14.3 Å². The van der Waals surface area contributed by atoms with Crippen LogP contribution in [0.25, 0.3) is 0 Å². The largest absolute Gasteiger partial charge is 0.481 e. The molecule has 1 aromatic heterocycles. The molecule has 0 spiro atoms. The van der Waals surface area contributed by atoms with E-state index in [2.05, 4.69) is 20.8 Å². The first-order valence-electron chi connectivity index (χ1n) is 6.68. The molecule has 1 heterocycles. The van der Waals surface area contributed by atoms with Gasteiger partial charge in [0.05, 0.1) is 23.7 Å². The number of carbonyl (C=O) groups is 1. The summed E-state index contributed by atoms with van der Waals surface area (Å²) in [6.07, 6.45) is 7.19. The minimum atomic E-state index is -0.715. The number of aliphatic carboxylic acids is 1. The van der Waals surface area contributed by atoms with Gasteiger partial charge in [0.15, 0.2) is 0 Å². The fourth-order valence-corrected chi connectivity index (χ4v) is 3.33. The molecule has 0 unspecified atom stereocenters. The van der Waals surface area contributed by atoms with E-state index in [1.54, 1.807) is 6.26 Å². The summed E-state index contributed by atoms with van der Waals surface area (Å²) in [4.78, 5) is 13.3. The third kappa shape index (κ3) is 3.39. The van der Waals surface area contributed by atoms with Crippen LogP contribution in [0.15, 0.2) is 21.2 Å². The molecule has 0 aliphatic heterocycles. The number of halogens is 1. The highest BCUT2D eigenvalue weighted by molar-refractivity contribution is 9.10. The van der Waals surface area contributed by atoms with Crippen molar-refractivity contribution in [1.82, 2.24) is 4.90 Å². The van der Waals surface area contributed by atoms with Gasteiger partial charge in [0.25, 0.3) is 0 Å². The maximum absolute atomic E-state index is 11.2. The van der Waals surface area contributed by atoms with E-state index in [0.29, 0.717) is 6.54 Å². The first kappa shape index (κ1) is 14.6. The molecule has 0 amide bonds. The number of rotatable bonds is 5. The molecule has 1 aliphatic rings. The van der Waals surface area contributed by atoms with Gasteiger partial charge >= 0.3 is 5.97 Å². The fraction of sp³-hybridized carbons (Fsp3) is 0.643. The minimum absolute atomic E-state index is 0.210. The van der Waals surface area contributed by atoms with E-state index in [9.17, 15) is 9.90 Å². The fourth-order valence-electron chi connectivity index (χ4n) is 3.01. The number of nitrogens with zero attached hydrogens (tertiary/aromatic N) is 1. The van der Waals surface area contributed by atoms with Gasteiger partial charge in [-0.2, -0.15) is 0 Å². The second kappa shape index (κ2) is 6.09. The zero-order valence-electron chi connectivity index (χ0n) is 11.2. The molecule has 2 rings (SSSR count). The van der Waals surface area contributed by atoms with Crippen molar-refractivity contribution in [2.24, 2.45) is 0 Å². The SMILES string of the molecule is CN(Cc1occc1Br)C1(CC(=O)O)CCCCC1. The Kier molecular flexibility index (Phi) is 4.68. The van der Waals surface area contributed by atoms with E-state index in [1.807, 2.05) is 13.1 Å². The number of hydrogen-bond acceptors (Lipinski definition) is 3. The van der Waals surface area contributed by atoms with Crippen LogP contribution in [0.5, 0.6) is 0 Å². The lowest BCUT2D eigenvalue weighted by atomic mass is 9.78. The smallest absolute Gasteiger partial charge is 0.305 e. The van der Waals surface area contributed by atoms with Gasteiger partial charge in [-0.3, -0.25) is 9.69 Å². The summed E-state index contributed by atoms with van der Waals surface area (Å²) in [5.74, 6) is 0.144. The van der Waals surface area contributed by atoms with Gasteiger partial charge in [-0.25, -0.2) is 0 Å². The third-order valence-electron chi connectivity index (χ3n) is 4.15. The topological polar surface area (TPSA) is 53.7 Å². The van der Waals surface area contributed by atoms with Gasteiger partial charge in [0.2, 0.25) is 0 Å². The Balaban J connectivity index is 2.13. The van der Waals surface area contributed by atoms with Gasteiger partial charge in [-0.15, -0.1) is 0 Å². The molecule has 4 nitrogen and oxygen atoms in total. The molecular formula is C14H20BrNO3. The van der Waals surface area contributed by atoms with Crippen LogP contribution in [-0.4, -0.2) is 28.6 Å². The van der Waals surface area contributed by atoms with Gasteiger partial charge < -0.3 is 9.52 Å². The number of furan rings is 1. The molecule has 0 bridgehead atoms. The molecule has 0 radical (unpaired) electrons. The number of carboxylic acids is 1. The average molecular weight is 330 g/mol. The van der Waals surface area contributed by atoms with Crippen molar-refractivity contribution in [3.05, 3.63) is 22.6 Å². The lowest BCUT2D eigenvalue weighted by molar-refractivity contribution is -0.141. The van der Waals surface area contributed by atoms with Crippen LogP contribution in [0.4, 0.5) is 0 Å². The summed E-state index contributed by atoms with van der Waals surface area (Å²) in [6.45, 7) is 0.640. The molecular weight excluding hydrogens is 310 g/mol. The van der Waals surface area contributed by atoms with Crippen molar-refractivity contribution in [2.75, 3.05) is 7.05 Å². The molecule has 0 aromatic carbocycles. The van der Waals surface area contributed by atoms with E-state index in [0.717, 1.165) is 35.9 Å². The molecule has 19 heavy (non-hydrogen) atoms. The summed E-state index contributed by atoms with van der Waals surface area (Å²) in [5, 5.41) is 9.20. The Bertz CT molecular complexity index is 438. The van der Waals surface area contributed by atoms with Crippen molar-refractivity contribution in [2.45, 2.75) is 50.6 Å². The van der Waals surface area contributed by atoms with Crippen molar-refractivity contribution >= 4 is 21.9 Å². The summed E-state index contributed by atoms with van der Waals surface area (Å²) in [6, 6.07) is 1.87. The standard InChI is InChI=1S/C14H20BrNO3/c1-16(10-12-11(15)5-8-19-12)14(9-13(17)18)6-3-2-4-7-14/h5,8H,2-4,6-7,9-10H2,1H3,(H,17,18). The second-order valence-electron chi connectivity index (χ2n) is 5.40. The lowest BCUT2D eigenvalue weighted by Gasteiger charge is -2.43. The Morgan fingerprint density at radius 3 is 2.68 bits per heavy atom. The number of carboxylic acid groups (broad SMARTS) is 1. The summed E-state index contributed by atoms with van der Waals surface area (Å²) < 4.78 is 6.38. The van der Waals surface area contributed by atoms with Gasteiger partial charge in [0.1, 0.15) is 5.76 Å². The Labute approximate surface area is 121 Å². The van der Waals surface area contributed by atoms with Crippen LogP contribution in [0.3, 0.4) is 0 Å². The van der Waals surface area contributed by atoms with Crippen LogP contribution < -0.4 is 0 Å². The molecule has 1 aliphatic carbocycles. The van der Waals surface area contributed by atoms with Crippen LogP contribution >= 0.6 is 15.9 Å². The Morgan fingerprint density at radius 1 is 1.47 bits per heavy atom. The number of hydrogen-bond donors (Lipinski definition) is 1. The third-order valence-corrected chi connectivity index (χ3v) is 4.85. The van der Waals surface area contributed by atoms with Crippen molar-refractivity contribution in [3.63, 3.8) is 0 Å². The first-order valence-corrected chi connectivity index (χ1v) is 7.48. The highest BCUT2D eigenvalue weighted by atomic mass is 79.9. The van der Waals surface area contributed by atoms with Crippen molar-refractivity contribution in [3.8, 4) is 0 Å². The summed E-state index contributed by atoms with van der Waals surface area (Å²) in [5.41, 5.74) is -0.226. The molecule has 0 saturated heterocycles. The zero-order chi connectivity index (χ0) is 13.9. The predicted molar refractivity (Wildman–Crippen MR) is 75.9 cm³/mol. The predicted octanol–water partition coefficient (Wildman–Crippen LogP) is 3.65. The van der Waals surface area contributed by atoms with E-state index in [-0.39, 0.29) is 12.0 Å². The van der Waals surface area contributed by atoms with Gasteiger partial charge in [-0.05, 0) is 41.9 Å². The normalized spacial score (nSPS) is 18.7. The quantitative estimate of drug-likeness (QED) is 0.895. The molecule has 1 saturated carbocycles. The molecule has 106 valence electrons. The lowest BCUT2D eigenvalue weighted by Crippen LogP contribution is -2.49. The minimum Gasteiger partial charge on any atom is -0.481 e. The molecule has 1 N–H and O–H groups in total. The molecule has 5 heteroatoms. The van der Waals surface area contributed by atoms with E-state index in [4.69, 9.17) is 4.42 Å². The van der Waals surface area contributed by atoms with Gasteiger partial charge in [-0.1, -0.05) is 19.3 Å². The summed E-state index contributed by atoms with van der Waals surface area (Å²) >= 11 is 3.45. The van der Waals surface area contributed by atoms with Crippen LogP contribution in [0.1, 0.15) is 44.3 Å². The monoisotopic (exact) mass is 329 g/mol. The molecule has 0 atom stereocenters. The maximum Gasteiger partial charge on any atom is 0.305 e. The highest BCUT2D eigenvalue weighted by Gasteiger charge is 2.38. The first-order chi connectivity index (χ1) is 9.03. The van der Waals surface area contributed by atoms with Gasteiger partial charge in [0, 0.05) is 5.54 Å². The van der Waals surface area contributed by atoms with E-state index < -0.39 is 5.97 Å². The Hall–Kier alpha value is -0.810. The van der Waals surface area contributed by atoms with Crippen molar-refractivity contribution in [1.29, 1.82) is 0 Å². The molecule has 1 aromatic rings. The highest BCUT2D eigenvalue weighted by Crippen LogP contribution is 2.37. The van der Waals surface area contributed by atoms with Crippen LogP contribution in [0.2, 0.25) is 0 Å². The average Bonchev–Trinajstić information content (AvgIpc) is 2.75. The van der Waals surface area contributed by atoms with E-state index >= 15 is 0 Å². The second-order valence-corrected chi connectivity index (χ2v) is 6.26. The Morgan fingerprint density at radius 2 is 2.16 bits per heavy atom. The summed E-state index contributed by atoms with van der Waals surface area (Å²) in [7, 11) is 2.00.